The van der Waals surface area contributed by atoms with Crippen molar-refractivity contribution >= 4 is 49.7 Å². The zero-order valence-corrected chi connectivity index (χ0v) is 18.5. The van der Waals surface area contributed by atoms with Gasteiger partial charge >= 0.3 is 0 Å². The molecule has 2 aromatic rings. The quantitative estimate of drug-likeness (QED) is 0.708. The van der Waals surface area contributed by atoms with E-state index in [0.717, 1.165) is 22.8 Å². The molecule has 9 heteroatoms. The number of hydrogen-bond donors (Lipinski definition) is 2. The van der Waals surface area contributed by atoms with E-state index in [1.165, 1.54) is 22.2 Å². The van der Waals surface area contributed by atoms with Crippen molar-refractivity contribution in [2.24, 2.45) is 4.99 Å². The van der Waals surface area contributed by atoms with Gasteiger partial charge in [0.15, 0.2) is 15.0 Å². The fourth-order valence-electron chi connectivity index (χ4n) is 3.47. The molecule has 0 radical (unpaired) electrons. The summed E-state index contributed by atoms with van der Waals surface area (Å²) in [5.74, 6) is 0.372. The van der Waals surface area contributed by atoms with Crippen LogP contribution in [0.15, 0.2) is 40.7 Å². The number of amides is 1. The maximum Gasteiger partial charge on any atom is 0.224 e. The summed E-state index contributed by atoms with van der Waals surface area (Å²) >= 11 is 3.22. The van der Waals surface area contributed by atoms with Crippen LogP contribution in [0.25, 0.3) is 0 Å². The number of sulfone groups is 1. The summed E-state index contributed by atoms with van der Waals surface area (Å²) in [6.07, 6.45) is 1.21. The highest BCUT2D eigenvalue weighted by molar-refractivity contribution is 8.15. The molecule has 2 N–H and O–H groups in total. The lowest BCUT2D eigenvalue weighted by Gasteiger charge is -2.08. The van der Waals surface area contributed by atoms with Crippen LogP contribution in [0.2, 0.25) is 0 Å². The van der Waals surface area contributed by atoms with Crippen LogP contribution in [0.4, 0.5) is 5.69 Å². The van der Waals surface area contributed by atoms with Crippen LogP contribution in [0.3, 0.4) is 0 Å². The van der Waals surface area contributed by atoms with Crippen LogP contribution in [-0.2, 0) is 27.5 Å². The van der Waals surface area contributed by atoms with Crippen LogP contribution in [0.5, 0.6) is 0 Å². The lowest BCUT2D eigenvalue weighted by molar-refractivity contribution is -0.120. The van der Waals surface area contributed by atoms with E-state index in [1.807, 2.05) is 24.3 Å². The van der Waals surface area contributed by atoms with E-state index in [4.69, 9.17) is 0 Å². The van der Waals surface area contributed by atoms with Crippen molar-refractivity contribution in [3.05, 3.63) is 51.7 Å². The Labute approximate surface area is 179 Å². The number of fused-ring (bicyclic) bond motifs is 1. The molecule has 154 valence electrons. The number of anilines is 1. The first-order valence-corrected chi connectivity index (χ1v) is 13.1. The van der Waals surface area contributed by atoms with E-state index in [2.05, 4.69) is 34.0 Å². The number of thiophene rings is 1. The second-order valence-corrected chi connectivity index (χ2v) is 11.7. The van der Waals surface area contributed by atoms with Gasteiger partial charge in [-0.3, -0.25) is 9.79 Å². The molecule has 2 atom stereocenters. The zero-order chi connectivity index (χ0) is 20.4. The monoisotopic (exact) mass is 449 g/mol. The lowest BCUT2D eigenvalue weighted by Crippen LogP contribution is -2.27. The minimum Gasteiger partial charge on any atom is -0.355 e. The van der Waals surface area contributed by atoms with Crippen molar-refractivity contribution in [1.82, 2.24) is 5.32 Å². The van der Waals surface area contributed by atoms with Gasteiger partial charge in [0.1, 0.15) is 0 Å². The third-order valence-electron chi connectivity index (χ3n) is 5.03. The average molecular weight is 450 g/mol. The Morgan fingerprint density at radius 3 is 2.69 bits per heavy atom. The molecule has 1 aromatic heterocycles. The fraction of sp³-hybridized carbons (Fsp3) is 0.400. The van der Waals surface area contributed by atoms with Crippen molar-refractivity contribution < 1.29 is 13.2 Å². The molecule has 3 heterocycles. The molecule has 0 spiro atoms. The topological polar surface area (TPSA) is 87.6 Å². The first kappa shape index (κ1) is 20.4. The van der Waals surface area contributed by atoms with Crippen LogP contribution < -0.4 is 10.6 Å². The van der Waals surface area contributed by atoms with E-state index < -0.39 is 9.84 Å². The standard InChI is InChI=1S/C20H23N3O3S3/c1-13-7-9-27-17(13)6-8-21-19(24)10-14-2-4-15(5-3-14)22-20-23-16-11-29(25,26)12-18(16)28-20/h2-5,7,9,16,18H,6,8,10-12H2,1H3,(H,21,24)(H,22,23). The smallest absolute Gasteiger partial charge is 0.224 e. The second kappa shape index (κ2) is 8.49. The number of carbonyl (C=O) groups is 1. The minimum atomic E-state index is -2.93. The summed E-state index contributed by atoms with van der Waals surface area (Å²) in [7, 11) is -2.93. The molecule has 1 aromatic carbocycles. The summed E-state index contributed by atoms with van der Waals surface area (Å²) in [6, 6.07) is 9.67. The van der Waals surface area contributed by atoms with Crippen molar-refractivity contribution in [3.8, 4) is 0 Å². The van der Waals surface area contributed by atoms with Crippen molar-refractivity contribution in [2.75, 3.05) is 23.4 Å². The van der Waals surface area contributed by atoms with Gasteiger partial charge in [-0.25, -0.2) is 8.42 Å². The van der Waals surface area contributed by atoms with Crippen molar-refractivity contribution in [2.45, 2.75) is 31.1 Å². The van der Waals surface area contributed by atoms with E-state index in [9.17, 15) is 13.2 Å². The summed E-state index contributed by atoms with van der Waals surface area (Å²) in [4.78, 5) is 18.0. The maximum absolute atomic E-state index is 12.2. The normalized spacial score (nSPS) is 22.2. The van der Waals surface area contributed by atoms with E-state index >= 15 is 0 Å². The predicted octanol–water partition coefficient (Wildman–Crippen LogP) is 2.64. The summed E-state index contributed by atoms with van der Waals surface area (Å²) in [6.45, 7) is 2.74. The van der Waals surface area contributed by atoms with Gasteiger partial charge in [0, 0.05) is 22.4 Å². The highest BCUT2D eigenvalue weighted by atomic mass is 32.2. The molecule has 1 saturated heterocycles. The van der Waals surface area contributed by atoms with Gasteiger partial charge in [-0.05, 0) is 48.1 Å². The Hall–Kier alpha value is -1.84. The minimum absolute atomic E-state index is 0.0182. The number of hydrogen-bond acceptors (Lipinski definition) is 7. The molecular formula is C20H23N3O3S3. The molecule has 6 nitrogen and oxygen atoms in total. The van der Waals surface area contributed by atoms with E-state index in [0.29, 0.717) is 13.0 Å². The molecule has 4 rings (SSSR count). The highest BCUT2D eigenvalue weighted by Crippen LogP contribution is 2.34. The van der Waals surface area contributed by atoms with Gasteiger partial charge in [-0.1, -0.05) is 23.9 Å². The van der Waals surface area contributed by atoms with Gasteiger partial charge in [0.2, 0.25) is 5.91 Å². The molecule has 29 heavy (non-hydrogen) atoms. The molecule has 2 aliphatic heterocycles. The number of aliphatic imine (C=N–C) groups is 1. The number of thioether (sulfide) groups is 1. The molecular weight excluding hydrogens is 426 g/mol. The maximum atomic E-state index is 12.2. The number of amidine groups is 1. The van der Waals surface area contributed by atoms with Crippen LogP contribution in [0.1, 0.15) is 16.0 Å². The Balaban J connectivity index is 1.24. The number of rotatable bonds is 6. The van der Waals surface area contributed by atoms with Gasteiger partial charge in [0.25, 0.3) is 0 Å². The Bertz CT molecular complexity index is 1030. The molecule has 2 aliphatic rings. The number of benzene rings is 1. The average Bonchev–Trinajstić information content (AvgIpc) is 3.29. The van der Waals surface area contributed by atoms with Gasteiger partial charge in [-0.2, -0.15) is 0 Å². The molecule has 1 fully saturated rings. The van der Waals surface area contributed by atoms with Crippen molar-refractivity contribution in [3.63, 3.8) is 0 Å². The Morgan fingerprint density at radius 1 is 1.21 bits per heavy atom. The Kier molecular flexibility index (Phi) is 5.98. The first-order chi connectivity index (χ1) is 13.9. The van der Waals surface area contributed by atoms with Crippen molar-refractivity contribution in [1.29, 1.82) is 0 Å². The number of aryl methyl sites for hydroxylation is 1. The van der Waals surface area contributed by atoms with E-state index in [1.54, 1.807) is 11.3 Å². The van der Waals surface area contributed by atoms with E-state index in [-0.39, 0.29) is 28.7 Å². The number of nitrogens with zero attached hydrogens (tertiary/aromatic N) is 1. The molecule has 1 amide bonds. The molecule has 0 bridgehead atoms. The number of carbonyl (C=O) groups excluding carboxylic acids is 1. The summed E-state index contributed by atoms with van der Waals surface area (Å²) < 4.78 is 23.3. The molecule has 0 aliphatic carbocycles. The summed E-state index contributed by atoms with van der Waals surface area (Å²) in [5.41, 5.74) is 3.11. The SMILES string of the molecule is Cc1ccsc1CCNC(=O)Cc1ccc(NC2=NC3CS(=O)(=O)CC3S2)cc1. The number of nitrogens with one attached hydrogen (secondary N) is 2. The Morgan fingerprint density at radius 2 is 2.00 bits per heavy atom. The molecule has 0 saturated carbocycles. The third kappa shape index (κ3) is 5.21. The van der Waals surface area contributed by atoms with Crippen LogP contribution >= 0.6 is 23.1 Å². The molecule has 2 unspecified atom stereocenters. The second-order valence-electron chi connectivity index (χ2n) is 7.36. The fourth-order valence-corrected chi connectivity index (χ4v) is 8.06. The highest BCUT2D eigenvalue weighted by Gasteiger charge is 2.42. The van der Waals surface area contributed by atoms with Crippen LogP contribution in [0, 0.1) is 6.92 Å². The van der Waals surface area contributed by atoms with Crippen LogP contribution in [-0.4, -0.2) is 48.8 Å². The lowest BCUT2D eigenvalue weighted by atomic mass is 10.1. The summed E-state index contributed by atoms with van der Waals surface area (Å²) in [5, 5.41) is 9.11. The predicted molar refractivity (Wildman–Crippen MR) is 121 cm³/mol. The third-order valence-corrected chi connectivity index (χ3v) is 9.25. The van der Waals surface area contributed by atoms with Gasteiger partial charge in [-0.15, -0.1) is 11.3 Å². The first-order valence-electron chi connectivity index (χ1n) is 9.48. The van der Waals surface area contributed by atoms with Gasteiger partial charge < -0.3 is 10.6 Å². The largest absolute Gasteiger partial charge is 0.355 e. The van der Waals surface area contributed by atoms with Gasteiger partial charge in [0.05, 0.1) is 24.0 Å². The zero-order valence-electron chi connectivity index (χ0n) is 16.1.